The Morgan fingerprint density at radius 1 is 1.31 bits per heavy atom. The lowest BCUT2D eigenvalue weighted by Crippen LogP contribution is -2.39. The predicted molar refractivity (Wildman–Crippen MR) is 98.6 cm³/mol. The molecule has 1 atom stereocenters. The normalized spacial score (nSPS) is 17.3. The molecule has 0 aromatic carbocycles. The lowest BCUT2D eigenvalue weighted by Gasteiger charge is -2.32. The third kappa shape index (κ3) is 3.43. The number of imidazole rings is 1. The first-order valence-electron chi connectivity index (χ1n) is 8.48. The van der Waals surface area contributed by atoms with Gasteiger partial charge in [-0.2, -0.15) is 0 Å². The molecule has 1 amide bonds. The van der Waals surface area contributed by atoms with Crippen molar-refractivity contribution in [3.63, 3.8) is 0 Å². The minimum Gasteiger partial charge on any atom is -0.341 e. The first kappa shape index (κ1) is 16.6. The van der Waals surface area contributed by atoms with Gasteiger partial charge in [0.25, 0.3) is 5.91 Å². The summed E-state index contributed by atoms with van der Waals surface area (Å²) in [6.45, 7) is 3.37. The molecular formula is C17H19N7OS. The van der Waals surface area contributed by atoms with Gasteiger partial charge in [-0.3, -0.25) is 9.78 Å². The number of carbonyl (C=O) groups excluding carboxylic acids is 1. The van der Waals surface area contributed by atoms with E-state index in [1.807, 2.05) is 18.0 Å². The van der Waals surface area contributed by atoms with Crippen molar-refractivity contribution in [2.24, 2.45) is 0 Å². The van der Waals surface area contributed by atoms with Crippen molar-refractivity contribution >= 4 is 28.2 Å². The smallest absolute Gasteiger partial charge is 0.271 e. The van der Waals surface area contributed by atoms with Crippen molar-refractivity contribution in [3.8, 4) is 0 Å². The number of aromatic amines is 1. The second kappa shape index (κ2) is 7.20. The van der Waals surface area contributed by atoms with E-state index >= 15 is 0 Å². The van der Waals surface area contributed by atoms with Crippen LogP contribution in [0.25, 0.3) is 0 Å². The molecule has 1 aliphatic rings. The van der Waals surface area contributed by atoms with Crippen LogP contribution in [0.2, 0.25) is 0 Å². The van der Waals surface area contributed by atoms with Gasteiger partial charge in [-0.1, -0.05) is 0 Å². The van der Waals surface area contributed by atoms with E-state index in [4.69, 9.17) is 0 Å². The number of anilines is 2. The molecule has 8 nitrogen and oxygen atoms in total. The van der Waals surface area contributed by atoms with Gasteiger partial charge in [0, 0.05) is 42.5 Å². The summed E-state index contributed by atoms with van der Waals surface area (Å²) in [7, 11) is 0. The number of nitrogens with one attached hydrogen (secondary N) is 2. The maximum atomic E-state index is 12.6. The molecule has 1 fully saturated rings. The number of hydrogen-bond acceptors (Lipinski definition) is 7. The van der Waals surface area contributed by atoms with Crippen LogP contribution >= 0.6 is 11.3 Å². The van der Waals surface area contributed by atoms with Crippen LogP contribution in [0.15, 0.2) is 31.1 Å². The van der Waals surface area contributed by atoms with E-state index in [1.165, 1.54) is 6.33 Å². The second-order valence-corrected chi connectivity index (χ2v) is 7.48. The molecule has 9 heteroatoms. The summed E-state index contributed by atoms with van der Waals surface area (Å²) >= 11 is 1.58. The molecule has 3 aromatic heterocycles. The third-order valence-electron chi connectivity index (χ3n) is 4.40. The van der Waals surface area contributed by atoms with Crippen molar-refractivity contribution in [2.75, 3.05) is 18.4 Å². The Hall–Kier alpha value is -2.81. The number of aryl methyl sites for hydroxylation is 1. The molecule has 0 radical (unpaired) electrons. The molecule has 0 aliphatic carbocycles. The first-order valence-corrected chi connectivity index (χ1v) is 9.30. The van der Waals surface area contributed by atoms with E-state index in [0.29, 0.717) is 18.1 Å². The fourth-order valence-electron chi connectivity index (χ4n) is 3.19. The quantitative estimate of drug-likeness (QED) is 0.733. The molecule has 2 N–H and O–H groups in total. The maximum Gasteiger partial charge on any atom is 0.271 e. The summed E-state index contributed by atoms with van der Waals surface area (Å²) in [6, 6.07) is 0. The van der Waals surface area contributed by atoms with Crippen molar-refractivity contribution in [2.45, 2.75) is 25.7 Å². The number of rotatable bonds is 4. The standard InChI is InChI=1S/C17H19N7OS/c1-11-7-21-17(26-11)23-15-14(19-4-5-20-15)12-3-2-6-24(9-12)16(25)13-8-18-10-22-13/h4-5,7-8,10,12H,2-3,6,9H2,1H3,(H,18,22)(H,20,21,23)/t12-/m1/s1. The zero-order valence-electron chi connectivity index (χ0n) is 14.3. The van der Waals surface area contributed by atoms with Gasteiger partial charge in [0.05, 0.1) is 18.2 Å². The zero-order valence-corrected chi connectivity index (χ0v) is 15.2. The molecule has 3 aromatic rings. The number of aromatic nitrogens is 5. The largest absolute Gasteiger partial charge is 0.341 e. The fraction of sp³-hybridized carbons (Fsp3) is 0.353. The van der Waals surface area contributed by atoms with Crippen molar-refractivity contribution in [3.05, 3.63) is 47.4 Å². The number of hydrogen-bond donors (Lipinski definition) is 2. The van der Waals surface area contributed by atoms with Crippen LogP contribution in [0.5, 0.6) is 0 Å². The highest BCUT2D eigenvalue weighted by Gasteiger charge is 2.28. The number of likely N-dealkylation sites (tertiary alicyclic amines) is 1. The average molecular weight is 369 g/mol. The van der Waals surface area contributed by atoms with E-state index in [9.17, 15) is 4.79 Å². The SMILES string of the molecule is Cc1cnc(Nc2nccnc2[C@@H]2CCCN(C(=O)c3cnc[nH]3)C2)s1. The summed E-state index contributed by atoms with van der Waals surface area (Å²) < 4.78 is 0. The minimum absolute atomic E-state index is 0.0267. The number of piperidine rings is 1. The van der Waals surface area contributed by atoms with Crippen LogP contribution in [-0.2, 0) is 0 Å². The molecule has 26 heavy (non-hydrogen) atoms. The van der Waals surface area contributed by atoms with Gasteiger partial charge in [0.1, 0.15) is 5.69 Å². The number of carbonyl (C=O) groups is 1. The van der Waals surface area contributed by atoms with Crippen LogP contribution in [0.4, 0.5) is 10.9 Å². The fourth-order valence-corrected chi connectivity index (χ4v) is 3.85. The summed E-state index contributed by atoms with van der Waals surface area (Å²) in [5, 5.41) is 4.07. The monoisotopic (exact) mass is 369 g/mol. The molecule has 0 unspecified atom stereocenters. The number of H-pyrrole nitrogens is 1. The lowest BCUT2D eigenvalue weighted by atomic mass is 9.94. The van der Waals surface area contributed by atoms with Gasteiger partial charge in [0.15, 0.2) is 10.9 Å². The average Bonchev–Trinajstić information content (AvgIpc) is 3.34. The van der Waals surface area contributed by atoms with E-state index in [-0.39, 0.29) is 11.8 Å². The molecular weight excluding hydrogens is 350 g/mol. The second-order valence-electron chi connectivity index (χ2n) is 6.25. The Balaban J connectivity index is 1.54. The Morgan fingerprint density at radius 2 is 2.19 bits per heavy atom. The third-order valence-corrected chi connectivity index (χ3v) is 5.23. The van der Waals surface area contributed by atoms with Gasteiger partial charge < -0.3 is 15.2 Å². The van der Waals surface area contributed by atoms with Gasteiger partial charge >= 0.3 is 0 Å². The summed E-state index contributed by atoms with van der Waals surface area (Å²) in [5.74, 6) is 0.816. The Kier molecular flexibility index (Phi) is 4.61. The zero-order chi connectivity index (χ0) is 17.9. The van der Waals surface area contributed by atoms with Crippen molar-refractivity contribution < 1.29 is 4.79 Å². The van der Waals surface area contributed by atoms with Gasteiger partial charge in [-0.15, -0.1) is 11.3 Å². The Bertz CT molecular complexity index is 892. The van der Waals surface area contributed by atoms with Crippen LogP contribution in [0, 0.1) is 6.92 Å². The Morgan fingerprint density at radius 3 is 2.96 bits per heavy atom. The van der Waals surface area contributed by atoms with Gasteiger partial charge in [-0.25, -0.2) is 15.0 Å². The van der Waals surface area contributed by atoms with Crippen LogP contribution in [0.3, 0.4) is 0 Å². The molecule has 4 rings (SSSR count). The topological polar surface area (TPSA) is 99.7 Å². The highest BCUT2D eigenvalue weighted by atomic mass is 32.1. The summed E-state index contributed by atoms with van der Waals surface area (Å²) in [4.78, 5) is 35.8. The predicted octanol–water partition coefficient (Wildman–Crippen LogP) is 2.73. The highest BCUT2D eigenvalue weighted by molar-refractivity contribution is 7.15. The number of amides is 1. The van der Waals surface area contributed by atoms with Gasteiger partial charge in [-0.05, 0) is 19.8 Å². The molecule has 134 valence electrons. The van der Waals surface area contributed by atoms with Gasteiger partial charge in [0.2, 0.25) is 0 Å². The molecule has 1 aliphatic heterocycles. The summed E-state index contributed by atoms with van der Waals surface area (Å²) in [5.41, 5.74) is 1.39. The first-order chi connectivity index (χ1) is 12.7. The number of thiazole rings is 1. The van der Waals surface area contributed by atoms with Crippen LogP contribution in [0.1, 0.15) is 39.8 Å². The molecule has 4 heterocycles. The van der Waals surface area contributed by atoms with Crippen molar-refractivity contribution in [1.82, 2.24) is 29.8 Å². The van der Waals surface area contributed by atoms with E-state index < -0.39 is 0 Å². The molecule has 1 saturated heterocycles. The van der Waals surface area contributed by atoms with E-state index in [2.05, 4.69) is 30.2 Å². The van der Waals surface area contributed by atoms with Crippen LogP contribution in [-0.4, -0.2) is 48.8 Å². The van der Waals surface area contributed by atoms with E-state index in [1.54, 1.807) is 29.9 Å². The Labute approximate surface area is 154 Å². The van der Waals surface area contributed by atoms with Crippen molar-refractivity contribution in [1.29, 1.82) is 0 Å². The maximum absolute atomic E-state index is 12.6. The summed E-state index contributed by atoms with van der Waals surface area (Å²) in [6.07, 6.45) is 10.2. The minimum atomic E-state index is -0.0267. The van der Waals surface area contributed by atoms with E-state index in [0.717, 1.165) is 35.1 Å². The number of nitrogens with zero attached hydrogens (tertiary/aromatic N) is 5. The van der Waals surface area contributed by atoms with Crippen LogP contribution < -0.4 is 5.32 Å². The molecule has 0 saturated carbocycles. The molecule has 0 spiro atoms. The molecule has 0 bridgehead atoms. The highest BCUT2D eigenvalue weighted by Crippen LogP contribution is 2.31. The lowest BCUT2D eigenvalue weighted by molar-refractivity contribution is 0.0700.